The lowest BCUT2D eigenvalue weighted by Crippen LogP contribution is -2.05. The van der Waals surface area contributed by atoms with E-state index in [1.807, 2.05) is 18.5 Å². The summed E-state index contributed by atoms with van der Waals surface area (Å²) in [6.07, 6.45) is 6.08. The Balaban J connectivity index is 1.99. The van der Waals surface area contributed by atoms with Gasteiger partial charge >= 0.3 is 0 Å². The highest BCUT2D eigenvalue weighted by Crippen LogP contribution is 2.38. The molecule has 1 heterocycles. The summed E-state index contributed by atoms with van der Waals surface area (Å²) in [5.41, 5.74) is 7.05. The van der Waals surface area contributed by atoms with E-state index in [2.05, 4.69) is 59.6 Å². The van der Waals surface area contributed by atoms with Crippen molar-refractivity contribution in [1.82, 2.24) is 4.98 Å². The standard InChI is InChI=1S/C20H17N/c1-3-9-18-15(6-1)11-12-16-7-2-4-10-19(16)20(18)17-8-5-13-21-14-17/h1-10,13-14,20H,11-12H2. The van der Waals surface area contributed by atoms with E-state index in [9.17, 15) is 0 Å². The molecule has 1 aliphatic carbocycles. The summed E-state index contributed by atoms with van der Waals surface area (Å²) >= 11 is 0. The normalized spacial score (nSPS) is 14.1. The van der Waals surface area contributed by atoms with Gasteiger partial charge in [0, 0.05) is 18.3 Å². The van der Waals surface area contributed by atoms with E-state index in [-0.39, 0.29) is 0 Å². The fraction of sp³-hybridized carbons (Fsp3) is 0.150. The lowest BCUT2D eigenvalue weighted by molar-refractivity contribution is 0.953. The van der Waals surface area contributed by atoms with E-state index in [0.717, 1.165) is 12.8 Å². The molecule has 1 aliphatic rings. The smallest absolute Gasteiger partial charge is 0.0360 e. The van der Waals surface area contributed by atoms with E-state index in [1.165, 1.54) is 27.8 Å². The highest BCUT2D eigenvalue weighted by Gasteiger charge is 2.24. The molecule has 1 heteroatoms. The van der Waals surface area contributed by atoms with Gasteiger partial charge in [-0.05, 0) is 46.7 Å². The van der Waals surface area contributed by atoms with Gasteiger partial charge in [-0.15, -0.1) is 0 Å². The third-order valence-electron chi connectivity index (χ3n) is 4.41. The first-order valence-electron chi connectivity index (χ1n) is 7.49. The second-order valence-corrected chi connectivity index (χ2v) is 5.62. The largest absolute Gasteiger partial charge is 0.264 e. The van der Waals surface area contributed by atoms with Gasteiger partial charge in [-0.3, -0.25) is 4.98 Å². The second-order valence-electron chi connectivity index (χ2n) is 5.62. The Morgan fingerprint density at radius 1 is 0.714 bits per heavy atom. The van der Waals surface area contributed by atoms with Crippen LogP contribution in [0.3, 0.4) is 0 Å². The van der Waals surface area contributed by atoms with Crippen LogP contribution in [0.1, 0.15) is 33.7 Å². The molecule has 0 radical (unpaired) electrons. The summed E-state index contributed by atoms with van der Waals surface area (Å²) in [5.74, 6) is 0.300. The van der Waals surface area contributed by atoms with E-state index >= 15 is 0 Å². The highest BCUT2D eigenvalue weighted by atomic mass is 14.6. The van der Waals surface area contributed by atoms with Gasteiger partial charge in [0.25, 0.3) is 0 Å². The van der Waals surface area contributed by atoms with Crippen LogP contribution in [0.4, 0.5) is 0 Å². The Hall–Kier alpha value is -2.41. The molecular formula is C20H17N. The van der Waals surface area contributed by atoms with Crippen LogP contribution in [0.15, 0.2) is 73.1 Å². The van der Waals surface area contributed by atoms with Crippen molar-refractivity contribution in [3.63, 3.8) is 0 Å². The van der Waals surface area contributed by atoms with Gasteiger partial charge in [-0.25, -0.2) is 0 Å². The van der Waals surface area contributed by atoms with Crippen LogP contribution in [0.5, 0.6) is 0 Å². The quantitative estimate of drug-likeness (QED) is 0.641. The molecule has 2 aromatic carbocycles. The van der Waals surface area contributed by atoms with Crippen LogP contribution in [0.2, 0.25) is 0 Å². The molecule has 0 bridgehead atoms. The van der Waals surface area contributed by atoms with E-state index in [0.29, 0.717) is 5.92 Å². The number of aromatic nitrogens is 1. The zero-order valence-electron chi connectivity index (χ0n) is 11.9. The molecular weight excluding hydrogens is 254 g/mol. The molecule has 21 heavy (non-hydrogen) atoms. The molecule has 0 amide bonds. The first kappa shape index (κ1) is 12.3. The summed E-state index contributed by atoms with van der Waals surface area (Å²) in [7, 11) is 0. The predicted molar refractivity (Wildman–Crippen MR) is 85.5 cm³/mol. The first-order chi connectivity index (χ1) is 10.4. The molecule has 0 unspecified atom stereocenters. The maximum absolute atomic E-state index is 4.34. The summed E-state index contributed by atoms with van der Waals surface area (Å²) < 4.78 is 0. The van der Waals surface area contributed by atoms with Crippen molar-refractivity contribution < 1.29 is 0 Å². The molecule has 0 aliphatic heterocycles. The number of pyridine rings is 1. The Bertz CT molecular complexity index is 714. The SMILES string of the molecule is c1cncc(C2c3ccccc3CCc3ccccc32)c1. The lowest BCUT2D eigenvalue weighted by atomic mass is 9.83. The molecule has 0 N–H and O–H groups in total. The third kappa shape index (κ3) is 2.15. The Morgan fingerprint density at radius 2 is 1.33 bits per heavy atom. The van der Waals surface area contributed by atoms with Crippen molar-refractivity contribution in [3.8, 4) is 0 Å². The fourth-order valence-corrected chi connectivity index (χ4v) is 3.43. The number of nitrogens with zero attached hydrogens (tertiary/aromatic N) is 1. The van der Waals surface area contributed by atoms with E-state index in [1.54, 1.807) is 0 Å². The van der Waals surface area contributed by atoms with Crippen LogP contribution < -0.4 is 0 Å². The van der Waals surface area contributed by atoms with Gasteiger partial charge in [-0.1, -0.05) is 54.6 Å². The minimum absolute atomic E-state index is 0.300. The average molecular weight is 271 g/mol. The average Bonchev–Trinajstić information content (AvgIpc) is 2.72. The van der Waals surface area contributed by atoms with Gasteiger partial charge in [0.15, 0.2) is 0 Å². The highest BCUT2D eigenvalue weighted by molar-refractivity contribution is 5.50. The summed E-state index contributed by atoms with van der Waals surface area (Å²) in [4.78, 5) is 4.34. The number of aryl methyl sites for hydroxylation is 2. The van der Waals surface area contributed by atoms with Crippen molar-refractivity contribution >= 4 is 0 Å². The Morgan fingerprint density at radius 3 is 1.90 bits per heavy atom. The minimum atomic E-state index is 0.300. The molecule has 3 aromatic rings. The zero-order valence-corrected chi connectivity index (χ0v) is 11.9. The topological polar surface area (TPSA) is 12.9 Å². The van der Waals surface area contributed by atoms with Crippen molar-refractivity contribution in [2.75, 3.05) is 0 Å². The number of rotatable bonds is 1. The number of benzene rings is 2. The molecule has 0 saturated heterocycles. The van der Waals surface area contributed by atoms with E-state index in [4.69, 9.17) is 0 Å². The molecule has 0 atom stereocenters. The predicted octanol–water partition coefficient (Wildman–Crippen LogP) is 4.36. The number of hydrogen-bond acceptors (Lipinski definition) is 1. The molecule has 102 valence electrons. The number of fused-ring (bicyclic) bond motifs is 2. The van der Waals surface area contributed by atoms with E-state index < -0.39 is 0 Å². The molecule has 4 rings (SSSR count). The molecule has 0 spiro atoms. The maximum atomic E-state index is 4.34. The molecule has 1 aromatic heterocycles. The lowest BCUT2D eigenvalue weighted by Gasteiger charge is -2.20. The van der Waals surface area contributed by atoms with Crippen LogP contribution in [0.25, 0.3) is 0 Å². The fourth-order valence-electron chi connectivity index (χ4n) is 3.43. The van der Waals surface area contributed by atoms with Gasteiger partial charge in [-0.2, -0.15) is 0 Å². The zero-order chi connectivity index (χ0) is 14.1. The Kier molecular flexibility index (Phi) is 3.04. The van der Waals surface area contributed by atoms with Crippen molar-refractivity contribution in [2.45, 2.75) is 18.8 Å². The van der Waals surface area contributed by atoms with Gasteiger partial charge in [0.2, 0.25) is 0 Å². The summed E-state index contributed by atoms with van der Waals surface area (Å²) in [5, 5.41) is 0. The monoisotopic (exact) mass is 271 g/mol. The minimum Gasteiger partial charge on any atom is -0.264 e. The molecule has 1 nitrogen and oxygen atoms in total. The van der Waals surface area contributed by atoms with Crippen molar-refractivity contribution in [2.24, 2.45) is 0 Å². The Labute approximate surface area is 125 Å². The van der Waals surface area contributed by atoms with Crippen LogP contribution in [-0.4, -0.2) is 4.98 Å². The second kappa shape index (κ2) is 5.17. The van der Waals surface area contributed by atoms with Gasteiger partial charge in [0.1, 0.15) is 0 Å². The molecule has 0 saturated carbocycles. The number of hydrogen-bond donors (Lipinski definition) is 0. The molecule has 0 fully saturated rings. The first-order valence-corrected chi connectivity index (χ1v) is 7.49. The summed E-state index contributed by atoms with van der Waals surface area (Å²) in [6.45, 7) is 0. The summed E-state index contributed by atoms with van der Waals surface area (Å²) in [6, 6.07) is 21.9. The van der Waals surface area contributed by atoms with Gasteiger partial charge < -0.3 is 0 Å². The van der Waals surface area contributed by atoms with Crippen molar-refractivity contribution in [1.29, 1.82) is 0 Å². The van der Waals surface area contributed by atoms with Crippen LogP contribution in [-0.2, 0) is 12.8 Å². The van der Waals surface area contributed by atoms with Crippen LogP contribution in [0, 0.1) is 0 Å². The third-order valence-corrected chi connectivity index (χ3v) is 4.41. The maximum Gasteiger partial charge on any atom is 0.0360 e. The van der Waals surface area contributed by atoms with Crippen molar-refractivity contribution in [3.05, 3.63) is 101 Å². The van der Waals surface area contributed by atoms with Gasteiger partial charge in [0.05, 0.1) is 0 Å². The van der Waals surface area contributed by atoms with Crippen LogP contribution >= 0.6 is 0 Å².